The van der Waals surface area contributed by atoms with Crippen LogP contribution in [0.1, 0.15) is 10.5 Å². The highest BCUT2D eigenvalue weighted by molar-refractivity contribution is 9.10. The predicted molar refractivity (Wildman–Crippen MR) is 88.5 cm³/mol. The lowest BCUT2D eigenvalue weighted by Gasteiger charge is -2.01. The maximum Gasteiger partial charge on any atom is 0.359 e. The maximum absolute atomic E-state index is 11.6. The predicted octanol–water partition coefficient (Wildman–Crippen LogP) is 4.09. The Bertz CT molecular complexity index is 845. The lowest BCUT2D eigenvalue weighted by atomic mass is 10.1. The molecule has 6 heteroatoms. The highest BCUT2D eigenvalue weighted by atomic mass is 79.9. The number of anilines is 1. The van der Waals surface area contributed by atoms with E-state index in [9.17, 15) is 4.79 Å². The quantitative estimate of drug-likeness (QED) is 0.697. The van der Waals surface area contributed by atoms with Gasteiger partial charge in [0.1, 0.15) is 10.0 Å². The van der Waals surface area contributed by atoms with Crippen molar-refractivity contribution < 1.29 is 9.53 Å². The first kappa shape index (κ1) is 14.0. The summed E-state index contributed by atoms with van der Waals surface area (Å²) < 4.78 is 5.71. The molecule has 106 valence electrons. The second-order valence-corrected chi connectivity index (χ2v) is 6.38. The van der Waals surface area contributed by atoms with Gasteiger partial charge in [-0.05, 0) is 29.0 Å². The van der Waals surface area contributed by atoms with Crippen molar-refractivity contribution in [3.8, 4) is 10.6 Å². The lowest BCUT2D eigenvalue weighted by Crippen LogP contribution is -2.04. The molecule has 0 aliphatic rings. The minimum absolute atomic E-state index is 0.174. The van der Waals surface area contributed by atoms with Crippen molar-refractivity contribution in [2.45, 2.75) is 0 Å². The van der Waals surface area contributed by atoms with Crippen molar-refractivity contribution in [3.63, 3.8) is 0 Å². The van der Waals surface area contributed by atoms with Gasteiger partial charge in [0.2, 0.25) is 0 Å². The number of esters is 1. The number of benzene rings is 2. The molecule has 4 nitrogen and oxygen atoms in total. The van der Waals surface area contributed by atoms with Crippen LogP contribution in [0.3, 0.4) is 0 Å². The second-order valence-electron chi connectivity index (χ2n) is 4.43. The van der Waals surface area contributed by atoms with E-state index in [0.29, 0.717) is 10.0 Å². The number of carbonyl (C=O) groups is 1. The highest BCUT2D eigenvalue weighted by Crippen LogP contribution is 2.32. The van der Waals surface area contributed by atoms with Gasteiger partial charge in [0.25, 0.3) is 0 Å². The van der Waals surface area contributed by atoms with Crippen LogP contribution in [-0.4, -0.2) is 18.1 Å². The van der Waals surface area contributed by atoms with Gasteiger partial charge < -0.3 is 10.5 Å². The fraction of sp³-hybridized carbons (Fsp3) is 0.0667. The smallest absolute Gasteiger partial charge is 0.359 e. The molecule has 0 aliphatic carbocycles. The average molecular weight is 363 g/mol. The van der Waals surface area contributed by atoms with Gasteiger partial charge in [0.05, 0.1) is 7.11 Å². The van der Waals surface area contributed by atoms with Crippen LogP contribution in [0.5, 0.6) is 0 Å². The molecule has 21 heavy (non-hydrogen) atoms. The van der Waals surface area contributed by atoms with Crippen LogP contribution in [0.4, 0.5) is 5.00 Å². The number of hydrogen-bond acceptors (Lipinski definition) is 5. The summed E-state index contributed by atoms with van der Waals surface area (Å²) in [6.07, 6.45) is 0. The zero-order valence-electron chi connectivity index (χ0n) is 11.1. The molecule has 0 saturated heterocycles. The zero-order valence-corrected chi connectivity index (χ0v) is 13.5. The number of nitrogen functional groups attached to an aromatic ring is 1. The van der Waals surface area contributed by atoms with Gasteiger partial charge in [-0.15, -0.1) is 0 Å². The number of nitrogens with zero attached hydrogens (tertiary/aromatic N) is 1. The minimum Gasteiger partial charge on any atom is -0.464 e. The molecular weight excluding hydrogens is 352 g/mol. The number of aromatic nitrogens is 1. The van der Waals surface area contributed by atoms with Gasteiger partial charge in [-0.25, -0.2) is 9.78 Å². The summed E-state index contributed by atoms with van der Waals surface area (Å²) >= 11 is 4.73. The van der Waals surface area contributed by atoms with Crippen LogP contribution < -0.4 is 5.73 Å². The minimum atomic E-state index is -0.514. The average Bonchev–Trinajstić information content (AvgIpc) is 2.88. The van der Waals surface area contributed by atoms with E-state index in [2.05, 4.69) is 31.7 Å². The monoisotopic (exact) mass is 362 g/mol. The molecule has 1 heterocycles. The third kappa shape index (κ3) is 2.64. The molecule has 2 aromatic carbocycles. The van der Waals surface area contributed by atoms with Crippen LogP contribution >= 0.6 is 27.3 Å². The topological polar surface area (TPSA) is 65.2 Å². The summed E-state index contributed by atoms with van der Waals surface area (Å²) in [5, 5.41) is 3.31. The normalized spacial score (nSPS) is 10.8. The van der Waals surface area contributed by atoms with Crippen molar-refractivity contribution in [2.24, 2.45) is 0 Å². The van der Waals surface area contributed by atoms with Crippen molar-refractivity contribution in [1.29, 1.82) is 0 Å². The largest absolute Gasteiger partial charge is 0.464 e. The summed E-state index contributed by atoms with van der Waals surface area (Å²) in [5.74, 6) is -0.514. The van der Waals surface area contributed by atoms with E-state index >= 15 is 0 Å². The number of rotatable bonds is 2. The molecule has 0 saturated carbocycles. The molecule has 0 spiro atoms. The van der Waals surface area contributed by atoms with Crippen LogP contribution in [0.15, 0.2) is 40.9 Å². The van der Waals surface area contributed by atoms with Crippen LogP contribution in [-0.2, 0) is 4.74 Å². The molecule has 3 rings (SSSR count). The first-order valence-corrected chi connectivity index (χ1v) is 7.74. The van der Waals surface area contributed by atoms with E-state index in [0.717, 1.165) is 20.8 Å². The van der Waals surface area contributed by atoms with Gasteiger partial charge in [0, 0.05) is 10.0 Å². The fourth-order valence-corrected chi connectivity index (χ4v) is 3.24. The Morgan fingerprint density at radius 1 is 1.24 bits per heavy atom. The molecular formula is C15H11BrN2O2S. The molecule has 1 aromatic heterocycles. The van der Waals surface area contributed by atoms with E-state index in [-0.39, 0.29) is 5.69 Å². The summed E-state index contributed by atoms with van der Waals surface area (Å²) in [5.41, 5.74) is 6.94. The van der Waals surface area contributed by atoms with E-state index in [1.807, 2.05) is 30.3 Å². The highest BCUT2D eigenvalue weighted by Gasteiger charge is 2.17. The second kappa shape index (κ2) is 5.46. The molecule has 0 amide bonds. The first-order chi connectivity index (χ1) is 10.1. The Morgan fingerprint density at radius 3 is 2.71 bits per heavy atom. The number of nitrogens with two attached hydrogens (primary N) is 1. The summed E-state index contributed by atoms with van der Waals surface area (Å²) in [7, 11) is 1.31. The number of carbonyl (C=O) groups excluding carboxylic acids is 1. The molecule has 2 N–H and O–H groups in total. The zero-order chi connectivity index (χ0) is 15.0. The molecule has 0 radical (unpaired) electrons. The fourth-order valence-electron chi connectivity index (χ4n) is 2.05. The van der Waals surface area contributed by atoms with Crippen LogP contribution in [0, 0.1) is 0 Å². The molecule has 0 aliphatic heterocycles. The molecule has 3 aromatic rings. The number of ether oxygens (including phenoxy) is 1. The van der Waals surface area contributed by atoms with E-state index in [4.69, 9.17) is 5.73 Å². The van der Waals surface area contributed by atoms with Crippen LogP contribution in [0.2, 0.25) is 0 Å². The first-order valence-electron chi connectivity index (χ1n) is 6.13. The Kier molecular flexibility index (Phi) is 3.65. The molecule has 0 atom stereocenters. The summed E-state index contributed by atoms with van der Waals surface area (Å²) in [4.78, 5) is 15.9. The summed E-state index contributed by atoms with van der Waals surface area (Å²) in [6.45, 7) is 0. The van der Waals surface area contributed by atoms with Gasteiger partial charge in [-0.2, -0.15) is 0 Å². The summed E-state index contributed by atoms with van der Waals surface area (Å²) in [6, 6.07) is 12.1. The molecule has 0 unspecified atom stereocenters. The number of halogens is 1. The number of thiazole rings is 1. The lowest BCUT2D eigenvalue weighted by molar-refractivity contribution is 0.0596. The third-order valence-corrected chi connectivity index (χ3v) is 4.51. The molecule has 0 bridgehead atoms. The van der Waals surface area contributed by atoms with Crippen molar-refractivity contribution in [1.82, 2.24) is 4.98 Å². The van der Waals surface area contributed by atoms with E-state index in [1.165, 1.54) is 18.4 Å². The number of hydrogen-bond donors (Lipinski definition) is 1. The van der Waals surface area contributed by atoms with Crippen LogP contribution in [0.25, 0.3) is 21.3 Å². The van der Waals surface area contributed by atoms with E-state index in [1.54, 1.807) is 0 Å². The van der Waals surface area contributed by atoms with Gasteiger partial charge in [-0.3, -0.25) is 0 Å². The van der Waals surface area contributed by atoms with Gasteiger partial charge in [-0.1, -0.05) is 45.5 Å². The van der Waals surface area contributed by atoms with Crippen molar-refractivity contribution in [3.05, 3.63) is 46.6 Å². The van der Waals surface area contributed by atoms with Gasteiger partial charge in [0.15, 0.2) is 5.69 Å². The molecule has 0 fully saturated rings. The Hall–Kier alpha value is -1.92. The Balaban J connectivity index is 2.08. The van der Waals surface area contributed by atoms with Crippen molar-refractivity contribution >= 4 is 49.0 Å². The van der Waals surface area contributed by atoms with E-state index < -0.39 is 5.97 Å². The number of methoxy groups -OCH3 is 1. The number of fused-ring (bicyclic) bond motifs is 1. The van der Waals surface area contributed by atoms with Gasteiger partial charge >= 0.3 is 5.97 Å². The van der Waals surface area contributed by atoms with Crippen molar-refractivity contribution in [2.75, 3.05) is 12.8 Å². The standard InChI is InChI=1S/C15H11BrN2O2S/c1-20-15(19)12-13(17)21-14(18-12)10-3-2-9-7-11(16)5-4-8(9)6-10/h2-7H,17H2,1H3. The third-order valence-electron chi connectivity index (χ3n) is 3.08. The Morgan fingerprint density at radius 2 is 1.95 bits per heavy atom. The maximum atomic E-state index is 11.6. The Labute approximate surface area is 133 Å². The SMILES string of the molecule is COC(=O)c1nc(-c2ccc3cc(Br)ccc3c2)sc1N.